The number of hydrogen-bond donors (Lipinski definition) is 1. The van der Waals surface area contributed by atoms with Crippen LogP contribution in [0.25, 0.3) is 0 Å². The van der Waals surface area contributed by atoms with Crippen LogP contribution in [0.15, 0.2) is 33.9 Å². The van der Waals surface area contributed by atoms with Crippen molar-refractivity contribution < 1.29 is 13.2 Å². The highest BCUT2D eigenvalue weighted by molar-refractivity contribution is 5.51. The summed E-state index contributed by atoms with van der Waals surface area (Å²) in [6.07, 6.45) is -4.39. The van der Waals surface area contributed by atoms with E-state index >= 15 is 0 Å². The summed E-state index contributed by atoms with van der Waals surface area (Å²) >= 11 is 0. The first kappa shape index (κ1) is 17.1. The zero-order valence-corrected chi connectivity index (χ0v) is 13.4. The number of H-pyrrole nitrogens is 1. The summed E-state index contributed by atoms with van der Waals surface area (Å²) in [6.45, 7) is 1.69. The van der Waals surface area contributed by atoms with E-state index in [0.717, 1.165) is 16.7 Å². The van der Waals surface area contributed by atoms with E-state index in [2.05, 4.69) is 10.2 Å². The molecule has 10 heteroatoms. The topological polar surface area (TPSA) is 74.2 Å². The van der Waals surface area contributed by atoms with E-state index in [4.69, 9.17) is 0 Å². The lowest BCUT2D eigenvalue weighted by Gasteiger charge is -2.36. The number of nitrogens with one attached hydrogen (secondary N) is 1. The van der Waals surface area contributed by atoms with E-state index in [-0.39, 0.29) is 5.82 Å². The van der Waals surface area contributed by atoms with Crippen LogP contribution in [0.5, 0.6) is 0 Å². The summed E-state index contributed by atoms with van der Waals surface area (Å²) in [5, 5.41) is 6.04. The smallest absolute Gasteiger partial charge is 0.368 e. The summed E-state index contributed by atoms with van der Waals surface area (Å²) in [5.74, 6) is 0.130. The first-order valence-electron chi connectivity index (χ1n) is 7.60. The second-order valence-electron chi connectivity index (χ2n) is 5.74. The zero-order valence-electron chi connectivity index (χ0n) is 13.4. The Morgan fingerprint density at radius 1 is 1.08 bits per heavy atom. The van der Waals surface area contributed by atoms with Crippen molar-refractivity contribution in [2.45, 2.75) is 6.18 Å². The molecule has 1 saturated heterocycles. The molecule has 1 aromatic heterocycles. The van der Waals surface area contributed by atoms with Gasteiger partial charge in [-0.3, -0.25) is 9.36 Å². The van der Waals surface area contributed by atoms with E-state index in [0.29, 0.717) is 31.9 Å². The molecule has 1 fully saturated rings. The Kier molecular flexibility index (Phi) is 4.27. The minimum atomic E-state index is -4.39. The Morgan fingerprint density at radius 2 is 1.72 bits per heavy atom. The molecule has 0 amide bonds. The van der Waals surface area contributed by atoms with Crippen molar-refractivity contribution in [3.8, 4) is 0 Å². The summed E-state index contributed by atoms with van der Waals surface area (Å²) in [5.41, 5.74) is -1.31. The first-order valence-corrected chi connectivity index (χ1v) is 7.60. The van der Waals surface area contributed by atoms with Crippen molar-refractivity contribution in [1.29, 1.82) is 0 Å². The molecule has 134 valence electrons. The standard InChI is InChI=1S/C15H16F3N5O2/c1-21-13(24)12(19-20-14(21)25)23-7-5-22(6-8-23)11-4-2-3-10(9-11)15(16,17)18/h2-4,9H,5-8H2,1H3,(H,20,25). The molecule has 1 N–H and O–H groups in total. The van der Waals surface area contributed by atoms with Crippen LogP contribution >= 0.6 is 0 Å². The van der Waals surface area contributed by atoms with Gasteiger partial charge in [0.25, 0.3) is 5.56 Å². The largest absolute Gasteiger partial charge is 0.416 e. The van der Waals surface area contributed by atoms with E-state index in [9.17, 15) is 22.8 Å². The van der Waals surface area contributed by atoms with E-state index in [1.807, 2.05) is 4.90 Å². The number of piperazine rings is 1. The van der Waals surface area contributed by atoms with Gasteiger partial charge >= 0.3 is 11.9 Å². The summed E-state index contributed by atoms with van der Waals surface area (Å²) in [6, 6.07) is 5.16. The van der Waals surface area contributed by atoms with Crippen LogP contribution in [-0.4, -0.2) is 40.9 Å². The second kappa shape index (κ2) is 6.26. The molecule has 0 unspecified atom stereocenters. The van der Waals surface area contributed by atoms with E-state index in [1.165, 1.54) is 13.1 Å². The monoisotopic (exact) mass is 355 g/mol. The van der Waals surface area contributed by atoms with Crippen molar-refractivity contribution in [3.05, 3.63) is 50.7 Å². The summed E-state index contributed by atoms with van der Waals surface area (Å²) < 4.78 is 39.4. The van der Waals surface area contributed by atoms with Gasteiger partial charge in [-0.05, 0) is 18.2 Å². The molecule has 0 radical (unpaired) electrons. The normalized spacial score (nSPS) is 15.5. The van der Waals surface area contributed by atoms with Crippen molar-refractivity contribution in [1.82, 2.24) is 14.8 Å². The highest BCUT2D eigenvalue weighted by Crippen LogP contribution is 2.31. The number of rotatable bonds is 2. The maximum atomic E-state index is 12.8. The van der Waals surface area contributed by atoms with Crippen molar-refractivity contribution in [2.75, 3.05) is 36.0 Å². The molecule has 0 aliphatic carbocycles. The molecule has 0 bridgehead atoms. The van der Waals surface area contributed by atoms with Gasteiger partial charge in [0.15, 0.2) is 0 Å². The molecule has 3 rings (SSSR count). The van der Waals surface area contributed by atoms with Gasteiger partial charge in [-0.1, -0.05) is 6.07 Å². The predicted octanol–water partition coefficient (Wildman–Crippen LogP) is 0.814. The Bertz CT molecular complexity index is 882. The lowest BCUT2D eigenvalue weighted by molar-refractivity contribution is -0.137. The highest BCUT2D eigenvalue weighted by Gasteiger charge is 2.31. The fraction of sp³-hybridized carbons (Fsp3) is 0.400. The van der Waals surface area contributed by atoms with Gasteiger partial charge in [0, 0.05) is 38.9 Å². The van der Waals surface area contributed by atoms with Gasteiger partial charge in [-0.15, -0.1) is 5.10 Å². The third-order valence-corrected chi connectivity index (χ3v) is 4.18. The quantitative estimate of drug-likeness (QED) is 0.863. The molecular weight excluding hydrogens is 339 g/mol. The van der Waals surface area contributed by atoms with Crippen molar-refractivity contribution in [2.24, 2.45) is 7.05 Å². The summed E-state index contributed by atoms with van der Waals surface area (Å²) in [4.78, 5) is 27.0. The second-order valence-corrected chi connectivity index (χ2v) is 5.74. The lowest BCUT2D eigenvalue weighted by Crippen LogP contribution is -2.50. The molecular formula is C15H16F3N5O2. The average molecular weight is 355 g/mol. The molecule has 7 nitrogen and oxygen atoms in total. The third kappa shape index (κ3) is 3.37. The van der Waals surface area contributed by atoms with Crippen LogP contribution in [0.3, 0.4) is 0 Å². The first-order chi connectivity index (χ1) is 11.8. The van der Waals surface area contributed by atoms with Crippen LogP contribution in [0.4, 0.5) is 24.7 Å². The van der Waals surface area contributed by atoms with Gasteiger partial charge in [-0.25, -0.2) is 9.89 Å². The number of aromatic nitrogens is 3. The van der Waals surface area contributed by atoms with E-state index < -0.39 is 23.0 Å². The zero-order chi connectivity index (χ0) is 18.2. The molecule has 0 spiro atoms. The Morgan fingerprint density at radius 3 is 2.36 bits per heavy atom. The number of anilines is 2. The number of benzene rings is 1. The van der Waals surface area contributed by atoms with Gasteiger partial charge in [-0.2, -0.15) is 13.2 Å². The number of nitrogens with zero attached hydrogens (tertiary/aromatic N) is 4. The third-order valence-electron chi connectivity index (χ3n) is 4.18. The molecule has 0 atom stereocenters. The fourth-order valence-corrected chi connectivity index (χ4v) is 2.73. The maximum absolute atomic E-state index is 12.8. The molecule has 25 heavy (non-hydrogen) atoms. The van der Waals surface area contributed by atoms with Crippen molar-refractivity contribution >= 4 is 11.5 Å². The molecule has 0 saturated carbocycles. The molecule has 2 aromatic rings. The van der Waals surface area contributed by atoms with E-state index in [1.54, 1.807) is 11.0 Å². The molecule has 1 aromatic carbocycles. The molecule has 2 heterocycles. The SMILES string of the molecule is Cn1c(=O)[nH]nc(N2CCN(c3cccc(C(F)(F)F)c3)CC2)c1=O. The Labute approximate surface area is 140 Å². The minimum absolute atomic E-state index is 0.130. The van der Waals surface area contributed by atoms with Crippen LogP contribution in [0, 0.1) is 0 Å². The van der Waals surface area contributed by atoms with Crippen LogP contribution in [0.1, 0.15) is 5.56 Å². The maximum Gasteiger partial charge on any atom is 0.416 e. The lowest BCUT2D eigenvalue weighted by atomic mass is 10.1. The van der Waals surface area contributed by atoms with Gasteiger partial charge in [0.2, 0.25) is 5.82 Å². The van der Waals surface area contributed by atoms with Gasteiger partial charge in [0.05, 0.1) is 5.56 Å². The predicted molar refractivity (Wildman–Crippen MR) is 86.0 cm³/mol. The number of aromatic amines is 1. The van der Waals surface area contributed by atoms with Crippen LogP contribution < -0.4 is 21.0 Å². The number of hydrogen-bond acceptors (Lipinski definition) is 5. The number of alkyl halides is 3. The Hall–Kier alpha value is -2.78. The number of halogens is 3. The van der Waals surface area contributed by atoms with Crippen LogP contribution in [0.2, 0.25) is 0 Å². The van der Waals surface area contributed by atoms with Gasteiger partial charge < -0.3 is 9.80 Å². The minimum Gasteiger partial charge on any atom is -0.368 e. The highest BCUT2D eigenvalue weighted by atomic mass is 19.4. The fourth-order valence-electron chi connectivity index (χ4n) is 2.73. The van der Waals surface area contributed by atoms with Crippen molar-refractivity contribution in [3.63, 3.8) is 0 Å². The van der Waals surface area contributed by atoms with Gasteiger partial charge in [0.1, 0.15) is 0 Å². The average Bonchev–Trinajstić information content (AvgIpc) is 2.59. The summed E-state index contributed by atoms with van der Waals surface area (Å²) in [7, 11) is 1.35. The van der Waals surface area contributed by atoms with Crippen LogP contribution in [-0.2, 0) is 13.2 Å². The molecule has 1 aliphatic rings. The Balaban J connectivity index is 1.76. The molecule has 1 aliphatic heterocycles.